The van der Waals surface area contributed by atoms with Gasteiger partial charge in [0.25, 0.3) is 0 Å². The van der Waals surface area contributed by atoms with Gasteiger partial charge >= 0.3 is 0 Å². The molecule has 0 rings (SSSR count). The fourth-order valence-electron chi connectivity index (χ4n) is 0.235. The van der Waals surface area contributed by atoms with Gasteiger partial charge in [-0.15, -0.1) is 0 Å². The summed E-state index contributed by atoms with van der Waals surface area (Å²) >= 11 is 0. The standard InChI is InChI=1S/C5H9NO.H2S.H2/c1-3-4-5(7)6-2;;/h3-4H,1-2H3,(H,6,7);1H2;1H/b4-3+;;. The highest BCUT2D eigenvalue weighted by molar-refractivity contribution is 7.59. The van der Waals surface area contributed by atoms with Gasteiger partial charge in [0.1, 0.15) is 0 Å². The van der Waals surface area contributed by atoms with Gasteiger partial charge < -0.3 is 5.32 Å². The number of rotatable bonds is 1. The number of likely N-dealkylation sites (N-methyl/N-ethyl adjacent to an activating group) is 1. The summed E-state index contributed by atoms with van der Waals surface area (Å²) in [6.07, 6.45) is 3.17. The van der Waals surface area contributed by atoms with Crippen LogP contribution in [0.5, 0.6) is 0 Å². The molecule has 50 valence electrons. The lowest BCUT2D eigenvalue weighted by Crippen LogP contribution is -2.13. The molecule has 0 aliphatic heterocycles. The maximum absolute atomic E-state index is 10.2. The summed E-state index contributed by atoms with van der Waals surface area (Å²) in [5.74, 6) is -0.0532. The van der Waals surface area contributed by atoms with E-state index in [1.807, 2.05) is 0 Å². The summed E-state index contributed by atoms with van der Waals surface area (Å²) in [5, 5.41) is 2.44. The van der Waals surface area contributed by atoms with E-state index in [2.05, 4.69) is 5.32 Å². The molecule has 0 atom stereocenters. The van der Waals surface area contributed by atoms with Gasteiger partial charge in [-0.05, 0) is 13.0 Å². The molecule has 0 saturated heterocycles. The first-order chi connectivity index (χ1) is 3.31. The van der Waals surface area contributed by atoms with E-state index in [0.717, 1.165) is 0 Å². The van der Waals surface area contributed by atoms with Crippen LogP contribution in [0, 0.1) is 0 Å². The molecular formula is C5H13NOS. The second kappa shape index (κ2) is 6.56. The van der Waals surface area contributed by atoms with Crippen LogP contribution in [0.25, 0.3) is 0 Å². The third-order valence-electron chi connectivity index (χ3n) is 0.564. The molecule has 0 aromatic carbocycles. The highest BCUT2D eigenvalue weighted by Crippen LogP contribution is 1.66. The van der Waals surface area contributed by atoms with Crippen molar-refractivity contribution in [3.8, 4) is 0 Å². The van der Waals surface area contributed by atoms with Gasteiger partial charge in [0.05, 0.1) is 0 Å². The number of hydrogen-bond acceptors (Lipinski definition) is 1. The zero-order chi connectivity index (χ0) is 5.70. The van der Waals surface area contributed by atoms with Gasteiger partial charge in [0.2, 0.25) is 5.91 Å². The van der Waals surface area contributed by atoms with Crippen LogP contribution in [0.15, 0.2) is 12.2 Å². The second-order valence-electron chi connectivity index (χ2n) is 1.11. The molecule has 0 fully saturated rings. The fraction of sp³-hybridized carbons (Fsp3) is 0.400. The molecule has 0 heterocycles. The van der Waals surface area contributed by atoms with Crippen LogP contribution in [0.3, 0.4) is 0 Å². The van der Waals surface area contributed by atoms with Crippen LogP contribution >= 0.6 is 13.5 Å². The summed E-state index contributed by atoms with van der Waals surface area (Å²) in [7, 11) is 1.60. The zero-order valence-corrected chi connectivity index (χ0v) is 6.06. The maximum Gasteiger partial charge on any atom is 0.243 e. The summed E-state index contributed by atoms with van der Waals surface area (Å²) in [4.78, 5) is 10.2. The van der Waals surface area contributed by atoms with Crippen LogP contribution in [0.2, 0.25) is 0 Å². The molecule has 0 aromatic rings. The van der Waals surface area contributed by atoms with Crippen molar-refractivity contribution in [1.29, 1.82) is 0 Å². The maximum atomic E-state index is 10.2. The van der Waals surface area contributed by atoms with Gasteiger partial charge in [-0.1, -0.05) is 6.08 Å². The second-order valence-corrected chi connectivity index (χ2v) is 1.11. The number of nitrogens with one attached hydrogen (secondary N) is 1. The third kappa shape index (κ3) is 5.56. The topological polar surface area (TPSA) is 29.1 Å². The Morgan fingerprint density at radius 1 is 1.75 bits per heavy atom. The fourth-order valence-corrected chi connectivity index (χ4v) is 0.235. The summed E-state index contributed by atoms with van der Waals surface area (Å²) in [6.45, 7) is 1.80. The molecule has 0 radical (unpaired) electrons. The number of allylic oxidation sites excluding steroid dienone is 1. The number of carbonyl (C=O) groups excluding carboxylic acids is 1. The predicted octanol–water partition coefficient (Wildman–Crippen LogP) is 0.667. The smallest absolute Gasteiger partial charge is 0.243 e. The molecule has 0 aliphatic carbocycles. The Labute approximate surface area is 57.9 Å². The van der Waals surface area contributed by atoms with E-state index in [4.69, 9.17) is 0 Å². The van der Waals surface area contributed by atoms with Gasteiger partial charge in [-0.25, -0.2) is 0 Å². The molecule has 3 heteroatoms. The van der Waals surface area contributed by atoms with E-state index in [-0.39, 0.29) is 20.8 Å². The van der Waals surface area contributed by atoms with Crippen molar-refractivity contribution < 1.29 is 6.22 Å². The monoisotopic (exact) mass is 135 g/mol. The molecule has 0 bridgehead atoms. The molecule has 0 spiro atoms. The highest BCUT2D eigenvalue weighted by atomic mass is 32.1. The Hall–Kier alpha value is -0.440. The van der Waals surface area contributed by atoms with Crippen molar-refractivity contribution in [1.82, 2.24) is 5.32 Å². The molecule has 8 heavy (non-hydrogen) atoms. The van der Waals surface area contributed by atoms with Crippen LogP contribution in [0.1, 0.15) is 8.35 Å². The van der Waals surface area contributed by atoms with Crippen molar-refractivity contribution in [2.45, 2.75) is 6.92 Å². The lowest BCUT2D eigenvalue weighted by Gasteiger charge is -1.84. The van der Waals surface area contributed by atoms with Gasteiger partial charge in [0.15, 0.2) is 0 Å². The van der Waals surface area contributed by atoms with Gasteiger partial charge in [-0.2, -0.15) is 13.5 Å². The van der Waals surface area contributed by atoms with E-state index < -0.39 is 0 Å². The molecule has 2 nitrogen and oxygen atoms in total. The van der Waals surface area contributed by atoms with E-state index in [1.165, 1.54) is 6.08 Å². The zero-order valence-electron chi connectivity index (χ0n) is 5.06. The van der Waals surface area contributed by atoms with Gasteiger partial charge in [-0.3, -0.25) is 4.79 Å². The molecule has 1 amide bonds. The van der Waals surface area contributed by atoms with E-state index in [1.54, 1.807) is 20.0 Å². The first-order valence-corrected chi connectivity index (χ1v) is 2.15. The average Bonchev–Trinajstić information content (AvgIpc) is 1.68. The Morgan fingerprint density at radius 3 is 2.38 bits per heavy atom. The van der Waals surface area contributed by atoms with E-state index >= 15 is 0 Å². The van der Waals surface area contributed by atoms with Gasteiger partial charge in [0, 0.05) is 8.47 Å². The first kappa shape index (κ1) is 10.5. The van der Waals surface area contributed by atoms with Crippen molar-refractivity contribution in [2.24, 2.45) is 0 Å². The average molecular weight is 135 g/mol. The molecule has 1 N–H and O–H groups in total. The molecular weight excluding hydrogens is 122 g/mol. The minimum atomic E-state index is -0.0532. The number of carbonyl (C=O) groups is 1. The van der Waals surface area contributed by atoms with Crippen molar-refractivity contribution in [3.05, 3.63) is 12.2 Å². The Morgan fingerprint density at radius 2 is 2.25 bits per heavy atom. The molecule has 0 saturated carbocycles. The van der Waals surface area contributed by atoms with Crippen LogP contribution in [0.4, 0.5) is 0 Å². The van der Waals surface area contributed by atoms with E-state index in [0.29, 0.717) is 0 Å². The first-order valence-electron chi connectivity index (χ1n) is 2.15. The number of hydrogen-bond donors (Lipinski definition) is 1. The molecule has 0 unspecified atom stereocenters. The largest absolute Gasteiger partial charge is 0.356 e. The Kier molecular flexibility index (Phi) is 8.63. The van der Waals surface area contributed by atoms with Crippen LogP contribution < -0.4 is 5.32 Å². The Bertz CT molecular complexity index is 95.0. The lowest BCUT2D eigenvalue weighted by molar-refractivity contribution is -0.116. The minimum Gasteiger partial charge on any atom is -0.356 e. The quantitative estimate of drug-likeness (QED) is 0.526. The molecule has 0 aromatic heterocycles. The normalized spacial score (nSPS) is 8.25. The summed E-state index contributed by atoms with van der Waals surface area (Å²) in [5.41, 5.74) is 0. The van der Waals surface area contributed by atoms with E-state index in [9.17, 15) is 4.79 Å². The Balaban J connectivity index is -0.000000180. The highest BCUT2D eigenvalue weighted by Gasteiger charge is 1.81. The van der Waals surface area contributed by atoms with Crippen molar-refractivity contribution in [2.75, 3.05) is 7.05 Å². The molecule has 0 aliphatic rings. The minimum absolute atomic E-state index is 0. The lowest BCUT2D eigenvalue weighted by atomic mass is 10.5. The van der Waals surface area contributed by atoms with Crippen molar-refractivity contribution >= 4 is 19.4 Å². The predicted molar refractivity (Wildman–Crippen MR) is 41.4 cm³/mol. The van der Waals surface area contributed by atoms with Crippen LogP contribution in [-0.2, 0) is 4.79 Å². The summed E-state index contributed by atoms with van der Waals surface area (Å²) in [6, 6.07) is 0. The number of amides is 1. The summed E-state index contributed by atoms with van der Waals surface area (Å²) < 4.78 is 0. The van der Waals surface area contributed by atoms with Crippen LogP contribution in [-0.4, -0.2) is 13.0 Å². The SMILES string of the molecule is C/C=C/C(=O)NC.S.[HH]. The third-order valence-corrected chi connectivity index (χ3v) is 0.564. The van der Waals surface area contributed by atoms with Crippen molar-refractivity contribution in [3.63, 3.8) is 0 Å².